The normalized spacial score (nSPS) is 12.8. The molecule has 0 saturated heterocycles. The standard InChI is InChI=1S/C16H14Cl2N2O/c1-9-6-10(2-4-13(9)18)16(20-19)15-8-11-7-12(17)3-5-14(11)21-15/h2-8,16,20H,19H2,1H3. The maximum absolute atomic E-state index is 6.07. The smallest absolute Gasteiger partial charge is 0.134 e. The summed E-state index contributed by atoms with van der Waals surface area (Å²) in [5.41, 5.74) is 5.55. The Kier molecular flexibility index (Phi) is 3.91. The van der Waals surface area contributed by atoms with Crippen molar-refractivity contribution in [2.24, 2.45) is 5.84 Å². The summed E-state index contributed by atoms with van der Waals surface area (Å²) in [5.74, 6) is 6.44. The molecule has 0 aliphatic heterocycles. The highest BCUT2D eigenvalue weighted by Crippen LogP contribution is 2.30. The van der Waals surface area contributed by atoms with E-state index in [9.17, 15) is 0 Å². The van der Waals surface area contributed by atoms with E-state index in [0.717, 1.165) is 32.9 Å². The van der Waals surface area contributed by atoms with E-state index in [0.29, 0.717) is 5.02 Å². The monoisotopic (exact) mass is 320 g/mol. The largest absolute Gasteiger partial charge is 0.459 e. The molecule has 0 bridgehead atoms. The molecule has 1 heterocycles. The van der Waals surface area contributed by atoms with E-state index in [4.69, 9.17) is 33.5 Å². The molecule has 0 aliphatic rings. The summed E-state index contributed by atoms with van der Waals surface area (Å²) in [6.45, 7) is 1.96. The number of furan rings is 1. The van der Waals surface area contributed by atoms with Crippen LogP contribution in [0.15, 0.2) is 46.9 Å². The predicted octanol–water partition coefficient (Wildman–Crippen LogP) is 4.60. The maximum atomic E-state index is 6.07. The van der Waals surface area contributed by atoms with Crippen LogP contribution < -0.4 is 11.3 Å². The first kappa shape index (κ1) is 14.4. The first-order valence-electron chi connectivity index (χ1n) is 6.49. The van der Waals surface area contributed by atoms with Gasteiger partial charge in [0.15, 0.2) is 0 Å². The van der Waals surface area contributed by atoms with Crippen molar-refractivity contribution in [3.63, 3.8) is 0 Å². The molecule has 0 radical (unpaired) electrons. The number of hydrogen-bond donors (Lipinski definition) is 2. The van der Waals surface area contributed by atoms with Crippen molar-refractivity contribution in [3.05, 3.63) is 69.4 Å². The van der Waals surface area contributed by atoms with Crippen LogP contribution in [0.3, 0.4) is 0 Å². The van der Waals surface area contributed by atoms with Gasteiger partial charge in [-0.2, -0.15) is 0 Å². The molecule has 5 heteroatoms. The minimum atomic E-state index is -0.243. The lowest BCUT2D eigenvalue weighted by Gasteiger charge is -2.14. The fourth-order valence-corrected chi connectivity index (χ4v) is 2.67. The SMILES string of the molecule is Cc1cc(C(NN)c2cc3cc(Cl)ccc3o2)ccc1Cl. The Morgan fingerprint density at radius 2 is 1.90 bits per heavy atom. The van der Waals surface area contributed by atoms with Gasteiger partial charge in [0, 0.05) is 15.4 Å². The zero-order chi connectivity index (χ0) is 15.0. The molecule has 0 amide bonds. The Morgan fingerprint density at radius 1 is 1.10 bits per heavy atom. The lowest BCUT2D eigenvalue weighted by atomic mass is 10.0. The average molecular weight is 321 g/mol. The number of halogens is 2. The third kappa shape index (κ3) is 2.78. The third-order valence-corrected chi connectivity index (χ3v) is 4.12. The molecule has 3 nitrogen and oxygen atoms in total. The van der Waals surface area contributed by atoms with Gasteiger partial charge < -0.3 is 4.42 Å². The van der Waals surface area contributed by atoms with Gasteiger partial charge >= 0.3 is 0 Å². The van der Waals surface area contributed by atoms with E-state index in [2.05, 4.69) is 5.43 Å². The minimum Gasteiger partial charge on any atom is -0.459 e. The number of fused-ring (bicyclic) bond motifs is 1. The number of hydrogen-bond acceptors (Lipinski definition) is 3. The fraction of sp³-hybridized carbons (Fsp3) is 0.125. The summed E-state index contributed by atoms with van der Waals surface area (Å²) in [4.78, 5) is 0. The minimum absolute atomic E-state index is 0.243. The summed E-state index contributed by atoms with van der Waals surface area (Å²) < 4.78 is 5.87. The molecular formula is C16H14Cl2N2O. The molecule has 0 fully saturated rings. The molecule has 3 rings (SSSR count). The van der Waals surface area contributed by atoms with Crippen LogP contribution in [0.2, 0.25) is 10.0 Å². The van der Waals surface area contributed by atoms with E-state index in [-0.39, 0.29) is 6.04 Å². The van der Waals surface area contributed by atoms with Crippen LogP contribution in [-0.4, -0.2) is 0 Å². The highest BCUT2D eigenvalue weighted by atomic mass is 35.5. The highest BCUT2D eigenvalue weighted by Gasteiger charge is 2.18. The molecule has 1 unspecified atom stereocenters. The third-order valence-electron chi connectivity index (χ3n) is 3.46. The summed E-state index contributed by atoms with van der Waals surface area (Å²) in [6, 6.07) is 13.0. The van der Waals surface area contributed by atoms with Crippen LogP contribution in [0, 0.1) is 6.92 Å². The molecular weight excluding hydrogens is 307 g/mol. The summed E-state index contributed by atoms with van der Waals surface area (Å²) >= 11 is 12.1. The van der Waals surface area contributed by atoms with Gasteiger partial charge in [-0.3, -0.25) is 5.84 Å². The van der Waals surface area contributed by atoms with Crippen LogP contribution in [0.4, 0.5) is 0 Å². The summed E-state index contributed by atoms with van der Waals surface area (Å²) in [6.07, 6.45) is 0. The molecule has 3 N–H and O–H groups in total. The van der Waals surface area contributed by atoms with Crippen LogP contribution >= 0.6 is 23.2 Å². The summed E-state index contributed by atoms with van der Waals surface area (Å²) in [7, 11) is 0. The molecule has 2 aromatic carbocycles. The van der Waals surface area contributed by atoms with Gasteiger partial charge in [0.1, 0.15) is 17.4 Å². The second-order valence-corrected chi connectivity index (χ2v) is 5.78. The second kappa shape index (κ2) is 5.70. The van der Waals surface area contributed by atoms with Crippen LogP contribution in [-0.2, 0) is 0 Å². The zero-order valence-corrected chi connectivity index (χ0v) is 12.9. The molecule has 1 aromatic heterocycles. The van der Waals surface area contributed by atoms with Gasteiger partial charge in [0.25, 0.3) is 0 Å². The lowest BCUT2D eigenvalue weighted by Crippen LogP contribution is -2.28. The molecule has 0 saturated carbocycles. The fourth-order valence-electron chi connectivity index (χ4n) is 2.37. The van der Waals surface area contributed by atoms with Crippen molar-refractivity contribution in [2.75, 3.05) is 0 Å². The highest BCUT2D eigenvalue weighted by molar-refractivity contribution is 6.31. The molecule has 3 aromatic rings. The number of rotatable bonds is 3. The molecule has 108 valence electrons. The molecule has 0 spiro atoms. The number of aryl methyl sites for hydroxylation is 1. The van der Waals surface area contributed by atoms with Crippen molar-refractivity contribution in [1.29, 1.82) is 0 Å². The van der Waals surface area contributed by atoms with Crippen molar-refractivity contribution >= 4 is 34.2 Å². The first-order chi connectivity index (χ1) is 10.1. The van der Waals surface area contributed by atoms with E-state index in [1.54, 1.807) is 6.07 Å². The van der Waals surface area contributed by atoms with Crippen molar-refractivity contribution in [2.45, 2.75) is 13.0 Å². The lowest BCUT2D eigenvalue weighted by molar-refractivity contribution is 0.477. The topological polar surface area (TPSA) is 51.2 Å². The number of hydrazine groups is 1. The molecule has 21 heavy (non-hydrogen) atoms. The van der Waals surface area contributed by atoms with Gasteiger partial charge in [-0.15, -0.1) is 0 Å². The molecule has 0 aliphatic carbocycles. The Morgan fingerprint density at radius 3 is 2.62 bits per heavy atom. The van der Waals surface area contributed by atoms with Crippen LogP contribution in [0.1, 0.15) is 22.9 Å². The van der Waals surface area contributed by atoms with Crippen molar-refractivity contribution in [3.8, 4) is 0 Å². The van der Waals surface area contributed by atoms with Gasteiger partial charge in [-0.25, -0.2) is 5.43 Å². The Hall–Kier alpha value is -1.52. The number of nitrogens with two attached hydrogens (primary N) is 1. The van der Waals surface area contributed by atoms with E-state index >= 15 is 0 Å². The van der Waals surface area contributed by atoms with E-state index in [1.165, 1.54) is 0 Å². The van der Waals surface area contributed by atoms with Crippen molar-refractivity contribution < 1.29 is 4.42 Å². The predicted molar refractivity (Wildman–Crippen MR) is 86.6 cm³/mol. The summed E-state index contributed by atoms with van der Waals surface area (Å²) in [5, 5.41) is 2.35. The number of nitrogens with one attached hydrogen (secondary N) is 1. The molecule has 1 atom stereocenters. The van der Waals surface area contributed by atoms with Crippen molar-refractivity contribution in [1.82, 2.24) is 5.43 Å². The van der Waals surface area contributed by atoms with Gasteiger partial charge in [0.2, 0.25) is 0 Å². The van der Waals surface area contributed by atoms with Gasteiger partial charge in [0.05, 0.1) is 0 Å². The van der Waals surface area contributed by atoms with E-state index < -0.39 is 0 Å². The first-order valence-corrected chi connectivity index (χ1v) is 7.25. The maximum Gasteiger partial charge on any atom is 0.134 e. The Balaban J connectivity index is 2.06. The average Bonchev–Trinajstić information content (AvgIpc) is 2.86. The van der Waals surface area contributed by atoms with Crippen LogP contribution in [0.5, 0.6) is 0 Å². The van der Waals surface area contributed by atoms with Gasteiger partial charge in [-0.05, 0) is 48.4 Å². The van der Waals surface area contributed by atoms with E-state index in [1.807, 2.05) is 43.3 Å². The Labute approximate surface area is 132 Å². The number of benzene rings is 2. The zero-order valence-electron chi connectivity index (χ0n) is 11.4. The second-order valence-electron chi connectivity index (χ2n) is 4.94. The Bertz CT molecular complexity index is 798. The van der Waals surface area contributed by atoms with Crippen LogP contribution in [0.25, 0.3) is 11.0 Å². The quantitative estimate of drug-likeness (QED) is 0.547. The van der Waals surface area contributed by atoms with Gasteiger partial charge in [-0.1, -0.05) is 35.3 Å².